The van der Waals surface area contributed by atoms with E-state index in [-0.39, 0.29) is 28.2 Å². The predicted molar refractivity (Wildman–Crippen MR) is 133 cm³/mol. The normalized spacial score (nSPS) is 12.2. The fourth-order valence-corrected chi connectivity index (χ4v) is 4.28. The number of benzene rings is 2. The Morgan fingerprint density at radius 2 is 1.67 bits per heavy atom. The van der Waals surface area contributed by atoms with Gasteiger partial charge in [-0.1, -0.05) is 53.9 Å². The molecule has 0 spiro atoms. The molecule has 2 aromatic carbocycles. The highest BCUT2D eigenvalue weighted by Crippen LogP contribution is 2.28. The van der Waals surface area contributed by atoms with Crippen LogP contribution in [0, 0.1) is 0 Å². The van der Waals surface area contributed by atoms with Crippen LogP contribution in [-0.2, 0) is 26.2 Å². The monoisotopic (exact) mass is 533 g/mol. The van der Waals surface area contributed by atoms with Crippen LogP contribution in [0.2, 0.25) is 15.1 Å². The maximum absolute atomic E-state index is 13.4. The van der Waals surface area contributed by atoms with E-state index >= 15 is 0 Å². The summed E-state index contributed by atoms with van der Waals surface area (Å²) >= 11 is 18.0. The molecule has 11 heteroatoms. The first kappa shape index (κ1) is 27.2. The highest BCUT2D eigenvalue weighted by atomic mass is 35.5. The molecular weight excluding hydrogens is 509 g/mol. The molecule has 0 aliphatic heterocycles. The van der Waals surface area contributed by atoms with Crippen LogP contribution in [0.4, 0.5) is 5.69 Å². The van der Waals surface area contributed by atoms with Gasteiger partial charge in [0, 0.05) is 18.1 Å². The van der Waals surface area contributed by atoms with Crippen LogP contribution >= 0.6 is 34.8 Å². The molecule has 33 heavy (non-hydrogen) atoms. The number of hydrogen-bond acceptors (Lipinski definition) is 4. The van der Waals surface area contributed by atoms with E-state index in [1.54, 1.807) is 31.2 Å². The average molecular weight is 535 g/mol. The van der Waals surface area contributed by atoms with E-state index in [9.17, 15) is 18.0 Å². The van der Waals surface area contributed by atoms with Crippen molar-refractivity contribution in [2.24, 2.45) is 0 Å². The summed E-state index contributed by atoms with van der Waals surface area (Å²) in [6.45, 7) is 3.56. The minimum absolute atomic E-state index is 0.0929. The largest absolute Gasteiger partial charge is 0.354 e. The van der Waals surface area contributed by atoms with E-state index in [4.69, 9.17) is 34.8 Å². The third-order valence-electron chi connectivity index (χ3n) is 4.85. The number of halogens is 3. The summed E-state index contributed by atoms with van der Waals surface area (Å²) in [5, 5.41) is 3.72. The van der Waals surface area contributed by atoms with Crippen LogP contribution in [-0.4, -0.2) is 50.5 Å². The molecule has 0 aliphatic carbocycles. The molecule has 0 aromatic heterocycles. The molecule has 0 saturated carbocycles. The number of nitrogens with zero attached hydrogens (tertiary/aromatic N) is 2. The molecule has 0 saturated heterocycles. The van der Waals surface area contributed by atoms with Gasteiger partial charge in [0.15, 0.2) is 0 Å². The number of sulfonamides is 1. The van der Waals surface area contributed by atoms with Crippen molar-refractivity contribution >= 4 is 62.3 Å². The van der Waals surface area contributed by atoms with Gasteiger partial charge in [-0.25, -0.2) is 8.42 Å². The van der Waals surface area contributed by atoms with E-state index in [2.05, 4.69) is 5.32 Å². The maximum atomic E-state index is 13.4. The van der Waals surface area contributed by atoms with Crippen molar-refractivity contribution in [1.29, 1.82) is 0 Å². The minimum atomic E-state index is -3.85. The van der Waals surface area contributed by atoms with Crippen molar-refractivity contribution < 1.29 is 18.0 Å². The lowest BCUT2D eigenvalue weighted by Crippen LogP contribution is -2.51. The average Bonchev–Trinajstić information content (AvgIpc) is 2.76. The first-order valence-electron chi connectivity index (χ1n) is 10.2. The highest BCUT2D eigenvalue weighted by molar-refractivity contribution is 7.92. The third-order valence-corrected chi connectivity index (χ3v) is 6.98. The molecule has 1 atom stereocenters. The summed E-state index contributed by atoms with van der Waals surface area (Å²) < 4.78 is 26.0. The van der Waals surface area contributed by atoms with Gasteiger partial charge in [-0.2, -0.15) is 0 Å². The Kier molecular flexibility index (Phi) is 9.84. The molecular formula is C22H26Cl3N3O4S. The molecule has 0 radical (unpaired) electrons. The quantitative estimate of drug-likeness (QED) is 0.491. The van der Waals surface area contributed by atoms with Crippen molar-refractivity contribution in [3.63, 3.8) is 0 Å². The van der Waals surface area contributed by atoms with Crippen molar-refractivity contribution in [2.45, 2.75) is 32.9 Å². The van der Waals surface area contributed by atoms with Gasteiger partial charge in [0.1, 0.15) is 12.6 Å². The van der Waals surface area contributed by atoms with E-state index in [1.165, 1.54) is 23.1 Å². The molecule has 180 valence electrons. The van der Waals surface area contributed by atoms with Crippen LogP contribution in [0.15, 0.2) is 42.5 Å². The van der Waals surface area contributed by atoms with Gasteiger partial charge in [0.2, 0.25) is 21.8 Å². The lowest BCUT2D eigenvalue weighted by molar-refractivity contribution is -0.139. The zero-order valence-electron chi connectivity index (χ0n) is 18.5. The molecule has 0 unspecified atom stereocenters. The summed E-state index contributed by atoms with van der Waals surface area (Å²) in [5.41, 5.74) is 0.929. The van der Waals surface area contributed by atoms with Crippen molar-refractivity contribution in [3.8, 4) is 0 Å². The Bertz CT molecular complexity index is 1090. The van der Waals surface area contributed by atoms with Crippen LogP contribution in [0.1, 0.15) is 25.8 Å². The van der Waals surface area contributed by atoms with Crippen molar-refractivity contribution in [2.75, 3.05) is 23.7 Å². The van der Waals surface area contributed by atoms with E-state index in [0.29, 0.717) is 11.6 Å². The van der Waals surface area contributed by atoms with E-state index in [0.717, 1.165) is 22.5 Å². The van der Waals surface area contributed by atoms with Gasteiger partial charge in [0.05, 0.1) is 22.0 Å². The van der Waals surface area contributed by atoms with Gasteiger partial charge >= 0.3 is 0 Å². The van der Waals surface area contributed by atoms with Gasteiger partial charge < -0.3 is 10.2 Å². The third kappa shape index (κ3) is 7.78. The fraction of sp³-hybridized carbons (Fsp3) is 0.364. The number of rotatable bonds is 10. The predicted octanol–water partition coefficient (Wildman–Crippen LogP) is 4.36. The summed E-state index contributed by atoms with van der Waals surface area (Å²) in [7, 11) is -3.85. The Morgan fingerprint density at radius 3 is 2.21 bits per heavy atom. The summed E-state index contributed by atoms with van der Waals surface area (Å²) in [5.74, 6) is -0.889. The van der Waals surface area contributed by atoms with Crippen LogP contribution in [0.3, 0.4) is 0 Å². The van der Waals surface area contributed by atoms with Crippen LogP contribution in [0.25, 0.3) is 0 Å². The Hall–Kier alpha value is -2.00. The topological polar surface area (TPSA) is 86.8 Å². The first-order chi connectivity index (χ1) is 15.4. The molecule has 2 amide bonds. The number of hydrogen-bond donors (Lipinski definition) is 1. The summed E-state index contributed by atoms with van der Waals surface area (Å²) in [6, 6.07) is 10.3. The van der Waals surface area contributed by atoms with Gasteiger partial charge in [-0.15, -0.1) is 0 Å². The van der Waals surface area contributed by atoms with Gasteiger partial charge in [0.25, 0.3) is 0 Å². The second-order valence-corrected chi connectivity index (χ2v) is 10.6. The number of carbonyl (C=O) groups excluding carboxylic acids is 2. The molecule has 0 aliphatic rings. The lowest BCUT2D eigenvalue weighted by Gasteiger charge is -2.31. The number of nitrogens with one attached hydrogen (secondary N) is 1. The molecule has 2 aromatic rings. The molecule has 0 bridgehead atoms. The Morgan fingerprint density at radius 1 is 1.03 bits per heavy atom. The van der Waals surface area contributed by atoms with Gasteiger partial charge in [-0.3, -0.25) is 13.9 Å². The zero-order valence-corrected chi connectivity index (χ0v) is 21.6. The number of anilines is 1. The number of amides is 2. The molecule has 7 nitrogen and oxygen atoms in total. The standard InChI is InChI=1S/C22H26Cl3N3O4S/c1-4-11-26-22(30)15(2)27(13-16-5-7-17(23)8-6-16)21(29)14-28(33(3,31)32)18-9-10-19(24)20(25)12-18/h5-10,12,15H,4,11,13-14H2,1-3H3,(H,26,30)/t15-/m1/s1. The smallest absolute Gasteiger partial charge is 0.244 e. The minimum Gasteiger partial charge on any atom is -0.354 e. The van der Waals surface area contributed by atoms with Crippen LogP contribution < -0.4 is 9.62 Å². The summed E-state index contributed by atoms with van der Waals surface area (Å²) in [6.07, 6.45) is 1.73. The highest BCUT2D eigenvalue weighted by Gasteiger charge is 2.30. The molecule has 1 N–H and O–H groups in total. The summed E-state index contributed by atoms with van der Waals surface area (Å²) in [4.78, 5) is 27.3. The second-order valence-electron chi connectivity index (χ2n) is 7.48. The van der Waals surface area contributed by atoms with E-state index in [1.807, 2.05) is 6.92 Å². The van der Waals surface area contributed by atoms with E-state index < -0.39 is 28.5 Å². The Balaban J connectivity index is 2.38. The van der Waals surface area contributed by atoms with Crippen molar-refractivity contribution in [1.82, 2.24) is 10.2 Å². The maximum Gasteiger partial charge on any atom is 0.244 e. The zero-order chi connectivity index (χ0) is 24.8. The van der Waals surface area contributed by atoms with Crippen molar-refractivity contribution in [3.05, 3.63) is 63.1 Å². The lowest BCUT2D eigenvalue weighted by atomic mass is 10.1. The number of carbonyl (C=O) groups is 2. The second kappa shape index (κ2) is 11.9. The molecule has 0 heterocycles. The van der Waals surface area contributed by atoms with Gasteiger partial charge in [-0.05, 0) is 49.2 Å². The van der Waals surface area contributed by atoms with Crippen LogP contribution in [0.5, 0.6) is 0 Å². The molecule has 0 fully saturated rings. The fourth-order valence-electron chi connectivity index (χ4n) is 3.02. The molecule has 2 rings (SSSR count). The SMILES string of the molecule is CCCNC(=O)[C@@H](C)N(Cc1ccc(Cl)cc1)C(=O)CN(c1ccc(Cl)c(Cl)c1)S(C)(=O)=O. The Labute approximate surface area is 209 Å². The first-order valence-corrected chi connectivity index (χ1v) is 13.2.